The smallest absolute Gasteiger partial charge is 0.335 e. The number of pyridine rings is 1. The van der Waals surface area contributed by atoms with Crippen molar-refractivity contribution in [3.8, 4) is 22.6 Å². The topological polar surface area (TPSA) is 68.7 Å². The lowest BCUT2D eigenvalue weighted by molar-refractivity contribution is 0.0696. The number of rotatable bonds is 6. The molecule has 5 nitrogen and oxygen atoms in total. The summed E-state index contributed by atoms with van der Waals surface area (Å²) in [6.45, 7) is 0.342. The second-order valence-corrected chi connectivity index (χ2v) is 5.40. The Bertz CT molecular complexity index is 878. The number of aromatic nitrogens is 1. The van der Waals surface area contributed by atoms with Crippen molar-refractivity contribution in [2.75, 3.05) is 7.11 Å². The van der Waals surface area contributed by atoms with E-state index in [-0.39, 0.29) is 5.56 Å². The highest BCUT2D eigenvalue weighted by molar-refractivity contribution is 5.89. The van der Waals surface area contributed by atoms with Gasteiger partial charge < -0.3 is 14.6 Å². The third-order valence-electron chi connectivity index (χ3n) is 3.73. The lowest BCUT2D eigenvalue weighted by Gasteiger charge is -2.13. The van der Waals surface area contributed by atoms with Crippen molar-refractivity contribution in [2.45, 2.75) is 6.61 Å². The quantitative estimate of drug-likeness (QED) is 0.736. The van der Waals surface area contributed by atoms with Crippen LogP contribution in [-0.4, -0.2) is 23.2 Å². The molecule has 0 fully saturated rings. The van der Waals surface area contributed by atoms with Crippen LogP contribution in [0.3, 0.4) is 0 Å². The molecule has 0 atom stereocenters. The molecule has 0 unspecified atom stereocenters. The van der Waals surface area contributed by atoms with Crippen LogP contribution in [0.2, 0.25) is 0 Å². The number of carboxylic acid groups (broad SMARTS) is 1. The van der Waals surface area contributed by atoms with Gasteiger partial charge in [0.15, 0.2) is 0 Å². The van der Waals surface area contributed by atoms with Crippen LogP contribution in [0.4, 0.5) is 0 Å². The first kappa shape index (κ1) is 16.5. The molecule has 2 aromatic carbocycles. The summed E-state index contributed by atoms with van der Waals surface area (Å²) in [5.74, 6) is 0.104. The maximum atomic E-state index is 11.3. The number of aromatic carboxylic acids is 1. The molecular weight excluding hydrogens is 318 g/mol. The Labute approximate surface area is 145 Å². The van der Waals surface area contributed by atoms with Crippen LogP contribution >= 0.6 is 0 Å². The van der Waals surface area contributed by atoms with Crippen LogP contribution in [0.5, 0.6) is 11.5 Å². The fraction of sp³-hybridized carbons (Fsp3) is 0.100. The van der Waals surface area contributed by atoms with E-state index in [1.54, 1.807) is 31.6 Å². The number of nitrogens with zero attached hydrogens (tertiary/aromatic N) is 1. The predicted molar refractivity (Wildman–Crippen MR) is 94.0 cm³/mol. The van der Waals surface area contributed by atoms with Gasteiger partial charge in [0.05, 0.1) is 18.9 Å². The molecule has 0 aliphatic rings. The first-order valence-corrected chi connectivity index (χ1v) is 7.71. The molecule has 0 spiro atoms. The number of hydrogen-bond acceptors (Lipinski definition) is 4. The number of benzene rings is 2. The molecule has 0 amide bonds. The van der Waals surface area contributed by atoms with Crippen molar-refractivity contribution in [1.82, 2.24) is 4.98 Å². The van der Waals surface area contributed by atoms with Gasteiger partial charge in [0.1, 0.15) is 18.1 Å². The van der Waals surface area contributed by atoms with Gasteiger partial charge in [-0.1, -0.05) is 30.3 Å². The van der Waals surface area contributed by atoms with Gasteiger partial charge >= 0.3 is 5.97 Å². The third kappa shape index (κ3) is 3.95. The van der Waals surface area contributed by atoms with Gasteiger partial charge in [0.2, 0.25) is 0 Å². The summed E-state index contributed by atoms with van der Waals surface area (Å²) in [7, 11) is 1.57. The van der Waals surface area contributed by atoms with Crippen LogP contribution < -0.4 is 9.47 Å². The van der Waals surface area contributed by atoms with Gasteiger partial charge in [-0.3, -0.25) is 4.98 Å². The summed E-state index contributed by atoms with van der Waals surface area (Å²) < 4.78 is 11.1. The molecule has 0 saturated carbocycles. The summed E-state index contributed by atoms with van der Waals surface area (Å²) in [5.41, 5.74) is 2.72. The average molecular weight is 335 g/mol. The van der Waals surface area contributed by atoms with Crippen LogP contribution in [-0.2, 0) is 6.61 Å². The molecule has 3 rings (SSSR count). The second kappa shape index (κ2) is 7.49. The van der Waals surface area contributed by atoms with Crippen molar-refractivity contribution >= 4 is 5.97 Å². The number of methoxy groups -OCH3 is 1. The monoisotopic (exact) mass is 335 g/mol. The van der Waals surface area contributed by atoms with Gasteiger partial charge in [-0.25, -0.2) is 4.79 Å². The summed E-state index contributed by atoms with van der Waals surface area (Å²) in [5, 5.41) is 9.25. The Kier molecular flexibility index (Phi) is 4.95. The van der Waals surface area contributed by atoms with Crippen molar-refractivity contribution in [3.05, 3.63) is 78.1 Å². The summed E-state index contributed by atoms with van der Waals surface area (Å²) in [6.07, 6.45) is 3.30. The minimum atomic E-state index is -1.00. The van der Waals surface area contributed by atoms with Gasteiger partial charge in [-0.2, -0.15) is 0 Å². The molecule has 25 heavy (non-hydrogen) atoms. The number of ether oxygens (including phenoxy) is 2. The summed E-state index contributed by atoms with van der Waals surface area (Å²) >= 11 is 0. The third-order valence-corrected chi connectivity index (χ3v) is 3.73. The zero-order valence-corrected chi connectivity index (χ0v) is 13.7. The molecule has 1 heterocycles. The number of carbonyl (C=O) groups is 1. The van der Waals surface area contributed by atoms with Crippen LogP contribution in [0, 0.1) is 0 Å². The van der Waals surface area contributed by atoms with Crippen LogP contribution in [0.25, 0.3) is 11.1 Å². The van der Waals surface area contributed by atoms with Crippen molar-refractivity contribution in [3.63, 3.8) is 0 Å². The Balaban J connectivity index is 1.97. The van der Waals surface area contributed by atoms with E-state index in [2.05, 4.69) is 4.98 Å². The van der Waals surface area contributed by atoms with Crippen molar-refractivity contribution in [2.24, 2.45) is 0 Å². The Morgan fingerprint density at radius 1 is 1.08 bits per heavy atom. The fourth-order valence-electron chi connectivity index (χ4n) is 2.43. The van der Waals surface area contributed by atoms with Crippen molar-refractivity contribution in [1.29, 1.82) is 0 Å². The van der Waals surface area contributed by atoms with Gasteiger partial charge in [-0.15, -0.1) is 0 Å². The zero-order chi connectivity index (χ0) is 17.6. The van der Waals surface area contributed by atoms with E-state index in [9.17, 15) is 9.90 Å². The minimum absolute atomic E-state index is 0.169. The van der Waals surface area contributed by atoms with Gasteiger partial charge in [0, 0.05) is 17.3 Å². The Morgan fingerprint density at radius 3 is 2.60 bits per heavy atom. The molecule has 0 bridgehead atoms. The molecule has 0 radical (unpaired) electrons. The van der Waals surface area contributed by atoms with E-state index < -0.39 is 5.97 Å². The fourth-order valence-corrected chi connectivity index (χ4v) is 2.43. The largest absolute Gasteiger partial charge is 0.495 e. The molecule has 0 aliphatic heterocycles. The lowest BCUT2D eigenvalue weighted by atomic mass is 10.0. The highest BCUT2D eigenvalue weighted by atomic mass is 16.5. The first-order valence-electron chi connectivity index (χ1n) is 7.71. The molecular formula is C20H17NO4. The summed E-state index contributed by atoms with van der Waals surface area (Å²) in [4.78, 5) is 15.4. The van der Waals surface area contributed by atoms with E-state index in [1.807, 2.05) is 36.4 Å². The Morgan fingerprint density at radius 2 is 1.88 bits per heavy atom. The van der Waals surface area contributed by atoms with Crippen molar-refractivity contribution < 1.29 is 19.4 Å². The molecule has 1 aromatic heterocycles. The van der Waals surface area contributed by atoms with E-state index in [0.29, 0.717) is 18.1 Å². The van der Waals surface area contributed by atoms with Gasteiger partial charge in [0.25, 0.3) is 0 Å². The minimum Gasteiger partial charge on any atom is -0.495 e. The van der Waals surface area contributed by atoms with E-state index >= 15 is 0 Å². The van der Waals surface area contributed by atoms with E-state index in [4.69, 9.17) is 9.47 Å². The highest BCUT2D eigenvalue weighted by Gasteiger charge is 2.12. The summed E-state index contributed by atoms with van der Waals surface area (Å²) in [6, 6.07) is 16.3. The van der Waals surface area contributed by atoms with E-state index in [1.165, 1.54) is 6.07 Å². The van der Waals surface area contributed by atoms with Crippen LogP contribution in [0.1, 0.15) is 15.9 Å². The Hall–Kier alpha value is -3.34. The van der Waals surface area contributed by atoms with Gasteiger partial charge in [-0.05, 0) is 29.8 Å². The second-order valence-electron chi connectivity index (χ2n) is 5.40. The predicted octanol–water partition coefficient (Wildman–Crippen LogP) is 4.03. The van der Waals surface area contributed by atoms with Crippen LogP contribution in [0.15, 0.2) is 67.0 Å². The molecule has 0 aliphatic carbocycles. The number of hydrogen-bond donors (Lipinski definition) is 1. The molecule has 1 N–H and O–H groups in total. The first-order chi connectivity index (χ1) is 12.2. The maximum Gasteiger partial charge on any atom is 0.335 e. The highest BCUT2D eigenvalue weighted by Crippen LogP contribution is 2.33. The molecule has 3 aromatic rings. The molecule has 126 valence electrons. The maximum absolute atomic E-state index is 11.3. The normalized spacial score (nSPS) is 10.3. The molecule has 5 heteroatoms. The standard InChI is InChI=1S/C20H17NO4/c1-24-17-9-16(11-21-12-17)18-8-7-15(20(22)23)10-19(18)25-13-14-5-3-2-4-6-14/h2-12H,13H2,1H3,(H,22,23). The zero-order valence-electron chi connectivity index (χ0n) is 13.7. The number of carboxylic acids is 1. The average Bonchev–Trinajstić information content (AvgIpc) is 2.67. The lowest BCUT2D eigenvalue weighted by Crippen LogP contribution is -2.01. The molecule has 0 saturated heterocycles. The SMILES string of the molecule is COc1cncc(-c2ccc(C(=O)O)cc2OCc2ccccc2)c1. The van der Waals surface area contributed by atoms with E-state index in [0.717, 1.165) is 16.7 Å².